The fraction of sp³-hybridized carbons (Fsp3) is 0. The van der Waals surface area contributed by atoms with Crippen molar-refractivity contribution in [3.8, 4) is 56.9 Å². The van der Waals surface area contributed by atoms with Crippen molar-refractivity contribution in [1.82, 2.24) is 9.13 Å². The fourth-order valence-electron chi connectivity index (χ4n) is 11.4. The van der Waals surface area contributed by atoms with E-state index >= 15 is 0 Å². The lowest BCUT2D eigenvalue weighted by Gasteiger charge is -2.24. The molecule has 0 amide bonds. The van der Waals surface area contributed by atoms with Crippen LogP contribution in [0.25, 0.3) is 88.4 Å². The van der Waals surface area contributed by atoms with Crippen molar-refractivity contribution in [1.29, 1.82) is 10.5 Å². The molecule has 0 fully saturated rings. The van der Waals surface area contributed by atoms with Gasteiger partial charge in [-0.2, -0.15) is 10.5 Å². The van der Waals surface area contributed by atoms with Gasteiger partial charge in [0, 0.05) is 38.4 Å². The number of hydrogen-bond donors (Lipinski definition) is 0. The molecule has 56 heavy (non-hydrogen) atoms. The highest BCUT2D eigenvalue weighted by Gasteiger charge is 2.43. The first-order valence-corrected chi connectivity index (χ1v) is 19.2. The van der Waals surface area contributed by atoms with Gasteiger partial charge in [-0.15, -0.1) is 0 Å². The molecule has 4 nitrogen and oxygen atoms in total. The first-order valence-electron chi connectivity index (χ1n) is 19.2. The second-order valence-corrected chi connectivity index (χ2v) is 15.7. The Balaban J connectivity index is 1.01. The molecule has 0 N–H and O–H groups in total. The molecule has 0 unspecified atom stereocenters. The highest BCUT2D eigenvalue weighted by Crippen LogP contribution is 2.42. The summed E-state index contributed by atoms with van der Waals surface area (Å²) >= 11 is 0. The molecule has 10 aromatic rings. The number of para-hydroxylation sites is 2. The van der Waals surface area contributed by atoms with Crippen LogP contribution in [-0.4, -0.2) is 22.6 Å². The van der Waals surface area contributed by atoms with Crippen LogP contribution >= 0.6 is 0 Å². The smallest absolute Gasteiger partial charge is 0.248 e. The maximum Gasteiger partial charge on any atom is 0.248 e. The van der Waals surface area contributed by atoms with Crippen LogP contribution in [0.2, 0.25) is 0 Å². The van der Waals surface area contributed by atoms with Crippen molar-refractivity contribution in [2.75, 3.05) is 0 Å². The summed E-state index contributed by atoms with van der Waals surface area (Å²) in [4.78, 5) is 0. The van der Waals surface area contributed by atoms with Gasteiger partial charge in [-0.3, -0.25) is 0 Å². The van der Waals surface area contributed by atoms with Crippen molar-refractivity contribution in [2.24, 2.45) is 0 Å². The van der Waals surface area contributed by atoms with Gasteiger partial charge in [0.1, 0.15) is 6.07 Å². The minimum atomic E-state index is 0.0748. The third-order valence-corrected chi connectivity index (χ3v) is 13.4. The van der Waals surface area contributed by atoms with E-state index in [0.717, 1.165) is 49.5 Å². The molecule has 0 bridgehead atoms. The maximum atomic E-state index is 10.6. The Bertz CT molecular complexity index is 3650. The van der Waals surface area contributed by atoms with Gasteiger partial charge in [0.05, 0.1) is 33.7 Å². The van der Waals surface area contributed by atoms with E-state index in [9.17, 15) is 10.5 Å². The molecular formula is C50H24B2N4. The molecule has 0 spiro atoms. The summed E-state index contributed by atoms with van der Waals surface area (Å²) in [5, 5.41) is 25.2. The second-order valence-electron chi connectivity index (χ2n) is 15.7. The molecular weight excluding hydrogens is 678 g/mol. The summed E-state index contributed by atoms with van der Waals surface area (Å²) in [6, 6.07) is 58.0. The van der Waals surface area contributed by atoms with Crippen LogP contribution < -0.4 is 32.8 Å². The summed E-state index contributed by atoms with van der Waals surface area (Å²) in [6.45, 7) is 0.211. The third kappa shape index (κ3) is 3.16. The lowest BCUT2D eigenvalue weighted by Crippen LogP contribution is -2.53. The van der Waals surface area contributed by atoms with E-state index in [0.29, 0.717) is 11.1 Å². The monoisotopic (exact) mass is 702 g/mol. The maximum absolute atomic E-state index is 10.6. The zero-order valence-electron chi connectivity index (χ0n) is 29.8. The van der Waals surface area contributed by atoms with Gasteiger partial charge in [-0.05, 0) is 91.6 Å². The van der Waals surface area contributed by atoms with Crippen molar-refractivity contribution in [2.45, 2.75) is 0 Å². The average molecular weight is 702 g/mol. The van der Waals surface area contributed by atoms with E-state index in [1.54, 1.807) is 0 Å². The minimum Gasteiger partial charge on any atom is -0.310 e. The van der Waals surface area contributed by atoms with Gasteiger partial charge in [0.25, 0.3) is 0 Å². The van der Waals surface area contributed by atoms with Crippen LogP contribution in [-0.2, 0) is 0 Å². The standard InChI is InChI=1S/C50H24B2N4/c53-25-29-18-21-40-50-45(29)37-23-27(19-22-42(37)55(50)43-15-5-9-33-31-8-1-2-13-38(31)51(40)46(33)43)28-17-20-32-34-10-6-16-44-47(34)52(41(32)24-28)39-14-4-12-36-35-11-3-7-30(26-54)48(35)56(44)49(36)39/h1-24H. The number of benzene rings is 8. The van der Waals surface area contributed by atoms with E-state index in [1.165, 1.54) is 71.6 Å². The molecule has 0 atom stereocenters. The molecule has 2 aromatic heterocycles. The average Bonchev–Trinajstić information content (AvgIpc) is 3.99. The van der Waals surface area contributed by atoms with Crippen LogP contribution in [0.3, 0.4) is 0 Å². The van der Waals surface area contributed by atoms with Crippen molar-refractivity contribution in [3.05, 3.63) is 157 Å². The molecule has 0 saturated heterocycles. The first-order chi connectivity index (χ1) is 27.7. The van der Waals surface area contributed by atoms with Crippen LogP contribution in [0.5, 0.6) is 0 Å². The normalized spacial score (nSPS) is 13.2. The lowest BCUT2D eigenvalue weighted by molar-refractivity contribution is 1.19. The van der Waals surface area contributed by atoms with Crippen LogP contribution in [0.15, 0.2) is 146 Å². The van der Waals surface area contributed by atoms with Crippen molar-refractivity contribution >= 4 is 89.8 Å². The van der Waals surface area contributed by atoms with Gasteiger partial charge in [-0.1, -0.05) is 120 Å². The van der Waals surface area contributed by atoms with Gasteiger partial charge >= 0.3 is 0 Å². The highest BCUT2D eigenvalue weighted by molar-refractivity contribution is 7.02. The highest BCUT2D eigenvalue weighted by atomic mass is 15.0. The van der Waals surface area contributed by atoms with Gasteiger partial charge in [-0.25, -0.2) is 0 Å². The molecule has 14 rings (SSSR count). The molecule has 4 aliphatic heterocycles. The number of nitriles is 2. The van der Waals surface area contributed by atoms with Crippen molar-refractivity contribution < 1.29 is 0 Å². The van der Waals surface area contributed by atoms with Crippen molar-refractivity contribution in [3.63, 3.8) is 0 Å². The molecule has 0 saturated carbocycles. The molecule has 6 heterocycles. The number of fused-ring (bicyclic) bond motifs is 16. The summed E-state index contributed by atoms with van der Waals surface area (Å²) < 4.78 is 4.77. The van der Waals surface area contributed by atoms with Crippen LogP contribution in [0.4, 0.5) is 0 Å². The van der Waals surface area contributed by atoms with E-state index < -0.39 is 0 Å². The first kappa shape index (κ1) is 28.9. The zero-order valence-corrected chi connectivity index (χ0v) is 29.8. The fourth-order valence-corrected chi connectivity index (χ4v) is 11.4. The predicted octanol–water partition coefficient (Wildman–Crippen LogP) is 6.91. The zero-order chi connectivity index (χ0) is 36.6. The Morgan fingerprint density at radius 1 is 0.411 bits per heavy atom. The van der Waals surface area contributed by atoms with E-state index in [2.05, 4.69) is 149 Å². The van der Waals surface area contributed by atoms with Gasteiger partial charge in [0.2, 0.25) is 13.4 Å². The second kappa shape index (κ2) is 9.76. The van der Waals surface area contributed by atoms with Gasteiger partial charge < -0.3 is 9.13 Å². The Labute approximate surface area is 321 Å². The topological polar surface area (TPSA) is 57.4 Å². The Kier molecular flexibility index (Phi) is 5.04. The lowest BCUT2D eigenvalue weighted by atomic mass is 9.37. The quantitative estimate of drug-likeness (QED) is 0.175. The Hall–Kier alpha value is -7.53. The van der Waals surface area contributed by atoms with Gasteiger partial charge in [0.15, 0.2) is 0 Å². The van der Waals surface area contributed by atoms with Crippen LogP contribution in [0, 0.1) is 22.7 Å². The van der Waals surface area contributed by atoms with E-state index in [1.807, 2.05) is 18.2 Å². The SMILES string of the molecule is N#Cc1ccc2c3c1c1cc(-c4ccc5c(c4)B4c6c-5cccc6-n5c6c(C#N)cccc6c6cccc4c65)ccc1n3-c1cccc3c1B2c1ccccc1-3. The number of hydrogen-bond acceptors (Lipinski definition) is 2. The van der Waals surface area contributed by atoms with Crippen LogP contribution in [0.1, 0.15) is 11.1 Å². The number of rotatable bonds is 1. The number of aromatic nitrogens is 2. The molecule has 4 aliphatic rings. The third-order valence-electron chi connectivity index (χ3n) is 13.4. The molecule has 0 radical (unpaired) electrons. The summed E-state index contributed by atoms with van der Waals surface area (Å²) in [7, 11) is 0. The predicted molar refractivity (Wildman–Crippen MR) is 230 cm³/mol. The molecule has 0 aliphatic carbocycles. The number of nitrogens with zero attached hydrogens (tertiary/aromatic N) is 4. The van der Waals surface area contributed by atoms with E-state index in [-0.39, 0.29) is 13.4 Å². The minimum absolute atomic E-state index is 0.0748. The molecule has 8 aromatic carbocycles. The molecule has 250 valence electrons. The summed E-state index contributed by atoms with van der Waals surface area (Å²) in [6.07, 6.45) is 0. The summed E-state index contributed by atoms with van der Waals surface area (Å²) in [5.41, 5.74) is 23.5. The molecule has 6 heteroatoms. The Morgan fingerprint density at radius 2 is 1.04 bits per heavy atom. The largest absolute Gasteiger partial charge is 0.310 e. The Morgan fingerprint density at radius 3 is 1.86 bits per heavy atom. The van der Waals surface area contributed by atoms with E-state index in [4.69, 9.17) is 0 Å². The summed E-state index contributed by atoms with van der Waals surface area (Å²) in [5.74, 6) is 0.